The van der Waals surface area contributed by atoms with Crippen molar-refractivity contribution in [3.05, 3.63) is 35.4 Å². The second kappa shape index (κ2) is 5.82. The average molecular weight is 252 g/mol. The van der Waals surface area contributed by atoms with Crippen LogP contribution in [0.3, 0.4) is 0 Å². The Kier molecular flexibility index (Phi) is 4.69. The fraction of sp³-hybridized carbons (Fsp3) is 0.417. The Morgan fingerprint density at radius 2 is 2.14 bits per heavy atom. The first-order valence-electron chi connectivity index (χ1n) is 4.79. The lowest BCUT2D eigenvalue weighted by Gasteiger charge is -2.04. The second-order valence-electron chi connectivity index (χ2n) is 3.52. The van der Waals surface area contributed by atoms with E-state index in [0.717, 1.165) is 18.2 Å². The lowest BCUT2D eigenvalue weighted by atomic mass is 10.0. The summed E-state index contributed by atoms with van der Waals surface area (Å²) in [5.41, 5.74) is 2.62. The lowest BCUT2D eigenvalue weighted by molar-refractivity contribution is 0.660. The summed E-state index contributed by atoms with van der Waals surface area (Å²) < 4.78 is 0. The Balaban J connectivity index is 2.55. The fourth-order valence-corrected chi connectivity index (χ4v) is 1.66. The third-order valence-corrected chi connectivity index (χ3v) is 2.88. The molecule has 0 heterocycles. The van der Waals surface area contributed by atoms with Crippen LogP contribution in [-0.4, -0.2) is 0 Å². The Hall–Kier alpha value is -0.810. The molecule has 1 rings (SSSR count). The summed E-state index contributed by atoms with van der Waals surface area (Å²) in [7, 11) is 0. The zero-order valence-corrected chi connectivity index (χ0v) is 9.92. The fourth-order valence-electron chi connectivity index (χ4n) is 1.32. The summed E-state index contributed by atoms with van der Waals surface area (Å²) in [6, 6.07) is 10.7. The van der Waals surface area contributed by atoms with Crippen LogP contribution in [0.5, 0.6) is 0 Å². The number of halogens is 1. The van der Waals surface area contributed by atoms with Gasteiger partial charge in [0.15, 0.2) is 0 Å². The second-order valence-corrected chi connectivity index (χ2v) is 4.08. The van der Waals surface area contributed by atoms with E-state index in [0.29, 0.717) is 0 Å². The highest BCUT2D eigenvalue weighted by Gasteiger charge is 2.00. The number of hydrogen-bond donors (Lipinski definition) is 0. The van der Waals surface area contributed by atoms with Crippen LogP contribution < -0.4 is 0 Å². The van der Waals surface area contributed by atoms with Crippen LogP contribution in [0.15, 0.2) is 24.3 Å². The lowest BCUT2D eigenvalue weighted by Crippen LogP contribution is -1.94. The molecule has 1 aromatic rings. The van der Waals surface area contributed by atoms with Gasteiger partial charge in [-0.05, 0) is 30.9 Å². The molecule has 1 unspecified atom stereocenters. The summed E-state index contributed by atoms with van der Waals surface area (Å²) in [4.78, 5) is 0. The van der Waals surface area contributed by atoms with E-state index in [4.69, 9.17) is 5.26 Å². The molecule has 0 radical (unpaired) electrons. The minimum absolute atomic E-state index is 0.155. The molecule has 74 valence electrons. The van der Waals surface area contributed by atoms with Gasteiger partial charge < -0.3 is 0 Å². The number of aryl methyl sites for hydroxylation is 1. The molecule has 14 heavy (non-hydrogen) atoms. The number of nitrogens with zero attached hydrogens (tertiary/aromatic N) is 1. The molecule has 1 atom stereocenters. The van der Waals surface area contributed by atoms with Gasteiger partial charge in [0.05, 0.1) is 6.07 Å². The predicted octanol–water partition coefficient (Wildman–Crippen LogP) is 3.67. The SMILES string of the molecule is CC(C#N)CCc1cccc(CBr)c1. The molecule has 0 bridgehead atoms. The van der Waals surface area contributed by atoms with Crippen molar-refractivity contribution in [1.29, 1.82) is 5.26 Å². The third kappa shape index (κ3) is 3.51. The Morgan fingerprint density at radius 1 is 1.43 bits per heavy atom. The van der Waals surface area contributed by atoms with E-state index < -0.39 is 0 Å². The van der Waals surface area contributed by atoms with Crippen LogP contribution >= 0.6 is 15.9 Å². The molecule has 2 heteroatoms. The standard InChI is InChI=1S/C12H14BrN/c1-10(9-14)5-6-11-3-2-4-12(7-11)8-13/h2-4,7,10H,5-6,8H2,1H3. The highest BCUT2D eigenvalue weighted by molar-refractivity contribution is 9.08. The van der Waals surface area contributed by atoms with Gasteiger partial charge >= 0.3 is 0 Å². The summed E-state index contributed by atoms with van der Waals surface area (Å²) in [5.74, 6) is 0.155. The van der Waals surface area contributed by atoms with Gasteiger partial charge in [-0.1, -0.05) is 40.2 Å². The Labute approximate surface area is 93.9 Å². The smallest absolute Gasteiger partial charge is 0.0652 e. The molecule has 0 aliphatic carbocycles. The van der Waals surface area contributed by atoms with Gasteiger partial charge in [0.1, 0.15) is 0 Å². The first kappa shape index (κ1) is 11.3. The molecule has 1 aromatic carbocycles. The van der Waals surface area contributed by atoms with Crippen LogP contribution in [0, 0.1) is 17.2 Å². The van der Waals surface area contributed by atoms with Crippen LogP contribution in [-0.2, 0) is 11.8 Å². The predicted molar refractivity (Wildman–Crippen MR) is 62.2 cm³/mol. The molecule has 0 fully saturated rings. The summed E-state index contributed by atoms with van der Waals surface area (Å²) in [6.45, 7) is 1.97. The first-order chi connectivity index (χ1) is 6.76. The zero-order valence-electron chi connectivity index (χ0n) is 8.33. The van der Waals surface area contributed by atoms with E-state index in [-0.39, 0.29) is 5.92 Å². The molecular weight excluding hydrogens is 238 g/mol. The maximum Gasteiger partial charge on any atom is 0.0652 e. The minimum atomic E-state index is 0.155. The van der Waals surface area contributed by atoms with Gasteiger partial charge in [0, 0.05) is 11.2 Å². The molecule has 0 spiro atoms. The van der Waals surface area contributed by atoms with E-state index in [1.165, 1.54) is 11.1 Å². The van der Waals surface area contributed by atoms with E-state index in [9.17, 15) is 0 Å². The first-order valence-corrected chi connectivity index (χ1v) is 5.92. The minimum Gasteiger partial charge on any atom is -0.198 e. The number of nitriles is 1. The topological polar surface area (TPSA) is 23.8 Å². The number of rotatable bonds is 4. The van der Waals surface area contributed by atoms with Gasteiger partial charge in [0.25, 0.3) is 0 Å². The van der Waals surface area contributed by atoms with Crippen molar-refractivity contribution in [2.75, 3.05) is 0 Å². The average Bonchev–Trinajstić information content (AvgIpc) is 2.26. The van der Waals surface area contributed by atoms with Crippen molar-refractivity contribution < 1.29 is 0 Å². The summed E-state index contributed by atoms with van der Waals surface area (Å²) in [6.07, 6.45) is 1.94. The molecule has 0 saturated heterocycles. The number of benzene rings is 1. The van der Waals surface area contributed by atoms with Crippen molar-refractivity contribution in [2.24, 2.45) is 5.92 Å². The van der Waals surface area contributed by atoms with Gasteiger partial charge in [-0.25, -0.2) is 0 Å². The van der Waals surface area contributed by atoms with Gasteiger partial charge in [-0.15, -0.1) is 0 Å². The van der Waals surface area contributed by atoms with Gasteiger partial charge in [-0.2, -0.15) is 5.26 Å². The molecule has 0 saturated carbocycles. The van der Waals surface area contributed by atoms with Crippen LogP contribution in [0.4, 0.5) is 0 Å². The quantitative estimate of drug-likeness (QED) is 0.750. The third-order valence-electron chi connectivity index (χ3n) is 2.23. The summed E-state index contributed by atoms with van der Waals surface area (Å²) >= 11 is 3.43. The van der Waals surface area contributed by atoms with Crippen LogP contribution in [0.25, 0.3) is 0 Å². The summed E-state index contributed by atoms with van der Waals surface area (Å²) in [5, 5.41) is 9.55. The molecule has 0 aliphatic rings. The van der Waals surface area contributed by atoms with Crippen LogP contribution in [0.2, 0.25) is 0 Å². The van der Waals surface area contributed by atoms with Crippen molar-refractivity contribution >= 4 is 15.9 Å². The number of alkyl halides is 1. The van der Waals surface area contributed by atoms with E-state index >= 15 is 0 Å². The maximum atomic E-state index is 8.66. The Bertz CT molecular complexity index is 327. The molecule has 0 aromatic heterocycles. The number of hydrogen-bond acceptors (Lipinski definition) is 1. The molecule has 0 amide bonds. The van der Waals surface area contributed by atoms with Crippen molar-refractivity contribution in [1.82, 2.24) is 0 Å². The highest BCUT2D eigenvalue weighted by Crippen LogP contribution is 2.12. The van der Waals surface area contributed by atoms with Crippen molar-refractivity contribution in [2.45, 2.75) is 25.1 Å². The monoisotopic (exact) mass is 251 g/mol. The van der Waals surface area contributed by atoms with Gasteiger partial charge in [0.2, 0.25) is 0 Å². The maximum absolute atomic E-state index is 8.66. The normalized spacial score (nSPS) is 12.1. The van der Waals surface area contributed by atoms with Crippen LogP contribution in [0.1, 0.15) is 24.5 Å². The van der Waals surface area contributed by atoms with Gasteiger partial charge in [-0.3, -0.25) is 0 Å². The molecule has 0 aliphatic heterocycles. The van der Waals surface area contributed by atoms with E-state index in [1.54, 1.807) is 0 Å². The van der Waals surface area contributed by atoms with Crippen molar-refractivity contribution in [3.8, 4) is 6.07 Å². The molecular formula is C12H14BrN. The Morgan fingerprint density at radius 3 is 2.79 bits per heavy atom. The molecule has 0 N–H and O–H groups in total. The van der Waals surface area contributed by atoms with E-state index in [2.05, 4.69) is 46.3 Å². The van der Waals surface area contributed by atoms with E-state index in [1.807, 2.05) is 6.92 Å². The highest BCUT2D eigenvalue weighted by atomic mass is 79.9. The zero-order chi connectivity index (χ0) is 10.4. The largest absolute Gasteiger partial charge is 0.198 e. The van der Waals surface area contributed by atoms with Crippen molar-refractivity contribution in [3.63, 3.8) is 0 Å². The molecule has 1 nitrogen and oxygen atoms in total.